The van der Waals surface area contributed by atoms with Crippen LogP contribution >= 0.6 is 0 Å². The molecular formula is C13H22N2O2S. The normalized spacial score (nSPS) is 11.7. The van der Waals surface area contributed by atoms with Crippen molar-refractivity contribution in [2.75, 3.05) is 12.3 Å². The van der Waals surface area contributed by atoms with E-state index in [4.69, 9.17) is 5.73 Å². The van der Waals surface area contributed by atoms with Crippen molar-refractivity contribution in [3.63, 3.8) is 0 Å². The van der Waals surface area contributed by atoms with E-state index in [9.17, 15) is 8.42 Å². The smallest absolute Gasteiger partial charge is 0.240 e. The van der Waals surface area contributed by atoms with Gasteiger partial charge in [-0.05, 0) is 43.5 Å². The van der Waals surface area contributed by atoms with Gasteiger partial charge in [0, 0.05) is 12.2 Å². The predicted octanol–water partition coefficient (Wildman–Crippen LogP) is 2.35. The summed E-state index contributed by atoms with van der Waals surface area (Å²) in [6.07, 6.45) is 2.95. The van der Waals surface area contributed by atoms with E-state index in [1.54, 1.807) is 19.1 Å². The zero-order valence-electron chi connectivity index (χ0n) is 11.3. The standard InChI is InChI=1S/C13H22N2O2S/c1-4-5-6-7-15-18(16,17)13-9-10(2)8-12(14)11(13)3/h8-9,15H,4-7,14H2,1-3H3. The highest BCUT2D eigenvalue weighted by Gasteiger charge is 2.17. The Labute approximate surface area is 110 Å². The minimum absolute atomic E-state index is 0.288. The van der Waals surface area contributed by atoms with Crippen molar-refractivity contribution in [3.8, 4) is 0 Å². The molecule has 1 aromatic rings. The van der Waals surface area contributed by atoms with Crippen LogP contribution in [0.2, 0.25) is 0 Å². The number of benzene rings is 1. The summed E-state index contributed by atoms with van der Waals surface area (Å²) >= 11 is 0. The van der Waals surface area contributed by atoms with Crippen LogP contribution in [0.4, 0.5) is 5.69 Å². The summed E-state index contributed by atoms with van der Waals surface area (Å²) in [5.74, 6) is 0. The van der Waals surface area contributed by atoms with Crippen molar-refractivity contribution in [1.82, 2.24) is 4.72 Å². The fourth-order valence-electron chi connectivity index (χ4n) is 1.79. The molecule has 0 aliphatic heterocycles. The van der Waals surface area contributed by atoms with Crippen molar-refractivity contribution in [1.29, 1.82) is 0 Å². The summed E-state index contributed by atoms with van der Waals surface area (Å²) in [5.41, 5.74) is 7.79. The topological polar surface area (TPSA) is 72.2 Å². The van der Waals surface area contributed by atoms with Gasteiger partial charge in [0.1, 0.15) is 0 Å². The highest BCUT2D eigenvalue weighted by Crippen LogP contribution is 2.22. The number of hydrogen-bond acceptors (Lipinski definition) is 3. The third kappa shape index (κ3) is 3.71. The lowest BCUT2D eigenvalue weighted by Crippen LogP contribution is -2.25. The molecule has 0 saturated heterocycles. The van der Waals surface area contributed by atoms with Crippen LogP contribution in [0.5, 0.6) is 0 Å². The molecular weight excluding hydrogens is 248 g/mol. The van der Waals surface area contributed by atoms with Gasteiger partial charge in [-0.1, -0.05) is 19.8 Å². The molecule has 0 spiro atoms. The second-order valence-electron chi connectivity index (χ2n) is 4.58. The van der Waals surface area contributed by atoms with Crippen LogP contribution in [0.1, 0.15) is 37.3 Å². The third-order valence-electron chi connectivity index (χ3n) is 2.91. The Bertz CT molecular complexity index is 510. The molecule has 0 heterocycles. The van der Waals surface area contributed by atoms with Crippen LogP contribution in [-0.2, 0) is 10.0 Å². The Morgan fingerprint density at radius 1 is 1.22 bits per heavy atom. The molecule has 0 amide bonds. The number of anilines is 1. The van der Waals surface area contributed by atoms with E-state index in [1.165, 1.54) is 0 Å². The average molecular weight is 270 g/mol. The molecule has 0 radical (unpaired) electrons. The highest BCUT2D eigenvalue weighted by molar-refractivity contribution is 7.89. The average Bonchev–Trinajstić information content (AvgIpc) is 2.29. The number of aryl methyl sites for hydroxylation is 1. The SMILES string of the molecule is CCCCCNS(=O)(=O)c1cc(C)cc(N)c1C. The molecule has 18 heavy (non-hydrogen) atoms. The van der Waals surface area contributed by atoms with Gasteiger partial charge in [0.25, 0.3) is 0 Å². The molecule has 4 nitrogen and oxygen atoms in total. The molecule has 0 aliphatic rings. The quantitative estimate of drug-likeness (QED) is 0.615. The van der Waals surface area contributed by atoms with Crippen LogP contribution in [-0.4, -0.2) is 15.0 Å². The number of sulfonamides is 1. The number of unbranched alkanes of at least 4 members (excludes halogenated alkanes) is 2. The second-order valence-corrected chi connectivity index (χ2v) is 6.32. The maximum Gasteiger partial charge on any atom is 0.240 e. The van der Waals surface area contributed by atoms with Crippen molar-refractivity contribution >= 4 is 15.7 Å². The minimum Gasteiger partial charge on any atom is -0.398 e. The molecule has 1 rings (SSSR count). The molecule has 5 heteroatoms. The third-order valence-corrected chi connectivity index (χ3v) is 4.49. The van der Waals surface area contributed by atoms with Crippen molar-refractivity contribution in [2.24, 2.45) is 0 Å². The molecule has 0 unspecified atom stereocenters. The summed E-state index contributed by atoms with van der Waals surface area (Å²) < 4.78 is 26.9. The van der Waals surface area contributed by atoms with Gasteiger partial charge in [-0.3, -0.25) is 0 Å². The minimum atomic E-state index is -3.45. The van der Waals surface area contributed by atoms with E-state index in [0.717, 1.165) is 24.8 Å². The molecule has 0 saturated carbocycles. The molecule has 1 aromatic carbocycles. The van der Waals surface area contributed by atoms with Gasteiger partial charge in [-0.2, -0.15) is 0 Å². The first-order valence-corrected chi connectivity index (χ1v) is 7.73. The van der Waals surface area contributed by atoms with Gasteiger partial charge in [0.05, 0.1) is 4.90 Å². The lowest BCUT2D eigenvalue weighted by atomic mass is 10.1. The zero-order valence-corrected chi connectivity index (χ0v) is 12.1. The Hall–Kier alpha value is -1.07. The zero-order chi connectivity index (χ0) is 13.8. The maximum atomic E-state index is 12.2. The van der Waals surface area contributed by atoms with Gasteiger partial charge in [-0.25, -0.2) is 13.1 Å². The lowest BCUT2D eigenvalue weighted by Gasteiger charge is -2.12. The molecule has 0 aliphatic carbocycles. The van der Waals surface area contributed by atoms with E-state index in [2.05, 4.69) is 11.6 Å². The fourth-order valence-corrected chi connectivity index (χ4v) is 3.22. The first-order chi connectivity index (χ1) is 8.38. The summed E-state index contributed by atoms with van der Waals surface area (Å²) in [7, 11) is -3.45. The number of nitrogen functional groups attached to an aromatic ring is 1. The molecule has 0 atom stereocenters. The van der Waals surface area contributed by atoms with Crippen molar-refractivity contribution in [2.45, 2.75) is 44.9 Å². The monoisotopic (exact) mass is 270 g/mol. The second kappa shape index (κ2) is 6.20. The van der Waals surface area contributed by atoms with E-state index >= 15 is 0 Å². The van der Waals surface area contributed by atoms with Gasteiger partial charge >= 0.3 is 0 Å². The fraction of sp³-hybridized carbons (Fsp3) is 0.538. The summed E-state index contributed by atoms with van der Waals surface area (Å²) in [4.78, 5) is 0.288. The van der Waals surface area contributed by atoms with Crippen LogP contribution in [0.15, 0.2) is 17.0 Å². The predicted molar refractivity (Wildman–Crippen MR) is 75.0 cm³/mol. The van der Waals surface area contributed by atoms with E-state index in [0.29, 0.717) is 17.8 Å². The van der Waals surface area contributed by atoms with Gasteiger partial charge in [-0.15, -0.1) is 0 Å². The first-order valence-electron chi connectivity index (χ1n) is 6.25. The van der Waals surface area contributed by atoms with Crippen LogP contribution < -0.4 is 10.5 Å². The van der Waals surface area contributed by atoms with E-state index in [1.807, 2.05) is 6.92 Å². The Morgan fingerprint density at radius 3 is 2.50 bits per heavy atom. The Balaban J connectivity index is 2.91. The lowest BCUT2D eigenvalue weighted by molar-refractivity contribution is 0.575. The van der Waals surface area contributed by atoms with Gasteiger partial charge in [0.15, 0.2) is 0 Å². The molecule has 3 N–H and O–H groups in total. The van der Waals surface area contributed by atoms with Crippen LogP contribution in [0.25, 0.3) is 0 Å². The molecule has 0 bridgehead atoms. The Morgan fingerprint density at radius 2 is 1.89 bits per heavy atom. The highest BCUT2D eigenvalue weighted by atomic mass is 32.2. The Kier molecular flexibility index (Phi) is 5.16. The van der Waals surface area contributed by atoms with Gasteiger partial charge in [0.2, 0.25) is 10.0 Å². The van der Waals surface area contributed by atoms with Crippen molar-refractivity contribution in [3.05, 3.63) is 23.3 Å². The van der Waals surface area contributed by atoms with E-state index in [-0.39, 0.29) is 4.90 Å². The van der Waals surface area contributed by atoms with Gasteiger partial charge < -0.3 is 5.73 Å². The largest absolute Gasteiger partial charge is 0.398 e. The summed E-state index contributed by atoms with van der Waals surface area (Å²) in [6.45, 7) is 6.13. The number of hydrogen-bond donors (Lipinski definition) is 2. The molecule has 102 valence electrons. The van der Waals surface area contributed by atoms with Crippen molar-refractivity contribution < 1.29 is 8.42 Å². The van der Waals surface area contributed by atoms with Crippen LogP contribution in [0.3, 0.4) is 0 Å². The molecule has 0 fully saturated rings. The van der Waals surface area contributed by atoms with E-state index < -0.39 is 10.0 Å². The maximum absolute atomic E-state index is 12.2. The number of nitrogens with one attached hydrogen (secondary N) is 1. The first kappa shape index (κ1) is 15.0. The number of nitrogens with two attached hydrogens (primary N) is 1. The van der Waals surface area contributed by atoms with Crippen LogP contribution in [0, 0.1) is 13.8 Å². The number of rotatable bonds is 6. The molecule has 0 aromatic heterocycles. The summed E-state index contributed by atoms with van der Waals surface area (Å²) in [6, 6.07) is 3.44. The summed E-state index contributed by atoms with van der Waals surface area (Å²) in [5, 5.41) is 0.